The number of benzene rings is 1. The van der Waals surface area contributed by atoms with Gasteiger partial charge in [0.15, 0.2) is 14.0 Å². The first-order chi connectivity index (χ1) is 8.28. The highest BCUT2D eigenvalue weighted by atomic mass is 79.9. The van der Waals surface area contributed by atoms with Gasteiger partial charge < -0.3 is 5.11 Å². The van der Waals surface area contributed by atoms with E-state index in [1.807, 2.05) is 0 Å². The van der Waals surface area contributed by atoms with Crippen molar-refractivity contribution in [2.75, 3.05) is 5.75 Å². The van der Waals surface area contributed by atoms with Crippen molar-refractivity contribution in [3.63, 3.8) is 0 Å². The summed E-state index contributed by atoms with van der Waals surface area (Å²) in [5, 5.41) is 10.3. The summed E-state index contributed by atoms with van der Waals surface area (Å²) in [5.41, 5.74) is 0.493. The number of sulfone groups is 1. The van der Waals surface area contributed by atoms with Gasteiger partial charge in [-0.3, -0.25) is 0 Å². The van der Waals surface area contributed by atoms with Crippen molar-refractivity contribution in [3.8, 4) is 0 Å². The summed E-state index contributed by atoms with van der Waals surface area (Å²) in [5.74, 6) is -0.0993. The van der Waals surface area contributed by atoms with E-state index in [2.05, 4.69) is 15.9 Å². The van der Waals surface area contributed by atoms with Crippen LogP contribution in [0.4, 0.5) is 0 Å². The van der Waals surface area contributed by atoms with Crippen LogP contribution in [0.15, 0.2) is 28.7 Å². The average molecular weight is 356 g/mol. The van der Waals surface area contributed by atoms with Gasteiger partial charge in [-0.2, -0.15) is 0 Å². The molecule has 0 saturated heterocycles. The van der Waals surface area contributed by atoms with Gasteiger partial charge in [-0.25, -0.2) is 8.42 Å². The van der Waals surface area contributed by atoms with Crippen LogP contribution in [0.25, 0.3) is 0 Å². The predicted octanol–water partition coefficient (Wildman–Crippen LogP) is 3.26. The first-order valence-corrected chi connectivity index (χ1v) is 8.45. The molecular weight excluding hydrogens is 340 g/mol. The lowest BCUT2D eigenvalue weighted by Gasteiger charge is -2.30. The molecular formula is C12H16BrClO3S. The normalized spacial score (nSPS) is 17.2. The molecule has 1 N–H and O–H groups in total. The summed E-state index contributed by atoms with van der Waals surface area (Å²) < 4.78 is 23.2. The van der Waals surface area contributed by atoms with Gasteiger partial charge in [0.2, 0.25) is 0 Å². The van der Waals surface area contributed by atoms with Crippen molar-refractivity contribution in [2.45, 2.75) is 30.6 Å². The van der Waals surface area contributed by atoms with Gasteiger partial charge in [-0.1, -0.05) is 53.5 Å². The number of alkyl halides is 1. The molecule has 0 aliphatic rings. The van der Waals surface area contributed by atoms with Crippen LogP contribution in [0.1, 0.15) is 31.9 Å². The number of halogens is 2. The highest BCUT2D eigenvalue weighted by molar-refractivity contribution is 9.10. The van der Waals surface area contributed by atoms with Gasteiger partial charge in [-0.15, -0.1) is 0 Å². The quantitative estimate of drug-likeness (QED) is 0.825. The van der Waals surface area contributed by atoms with Crippen molar-refractivity contribution in [3.05, 3.63) is 34.3 Å². The molecule has 0 fully saturated rings. The molecule has 0 aromatic heterocycles. The maximum absolute atomic E-state index is 12.0. The fraction of sp³-hybridized carbons (Fsp3) is 0.500. The third kappa shape index (κ3) is 2.90. The monoisotopic (exact) mass is 354 g/mol. The predicted molar refractivity (Wildman–Crippen MR) is 77.4 cm³/mol. The lowest BCUT2D eigenvalue weighted by molar-refractivity contribution is 0.154. The Labute approximate surface area is 121 Å². The molecule has 0 saturated carbocycles. The second kappa shape index (κ2) is 5.90. The highest BCUT2D eigenvalue weighted by Crippen LogP contribution is 2.40. The Hall–Kier alpha value is -0.100. The maximum atomic E-state index is 12.0. The van der Waals surface area contributed by atoms with Crippen LogP contribution in [-0.2, 0) is 9.84 Å². The van der Waals surface area contributed by atoms with Crippen LogP contribution < -0.4 is 0 Å². The van der Waals surface area contributed by atoms with E-state index in [-0.39, 0.29) is 12.2 Å². The number of aliphatic hydroxyl groups excluding tert-OH is 1. The second-order valence-electron chi connectivity index (χ2n) is 4.00. The minimum atomic E-state index is -3.56. The van der Waals surface area contributed by atoms with Crippen LogP contribution in [0, 0.1) is 0 Å². The summed E-state index contributed by atoms with van der Waals surface area (Å²) in [7, 11) is -3.56. The molecule has 2 atom stereocenters. The SMILES string of the molecule is CC[C@](Cl)([C@@H](O)c1ccc(Br)cc1)S(=O)(=O)CC. The molecule has 3 nitrogen and oxygen atoms in total. The Morgan fingerprint density at radius 1 is 1.33 bits per heavy atom. The fourth-order valence-corrected chi connectivity index (χ4v) is 3.83. The smallest absolute Gasteiger partial charge is 0.175 e. The van der Waals surface area contributed by atoms with Gasteiger partial charge in [0.05, 0.1) is 0 Å². The van der Waals surface area contributed by atoms with Crippen molar-refractivity contribution in [2.24, 2.45) is 0 Å². The molecule has 0 aliphatic heterocycles. The van der Waals surface area contributed by atoms with E-state index in [4.69, 9.17) is 11.6 Å². The number of hydrogen-bond acceptors (Lipinski definition) is 3. The highest BCUT2D eigenvalue weighted by Gasteiger charge is 2.46. The summed E-state index contributed by atoms with van der Waals surface area (Å²) in [6, 6.07) is 6.80. The Kier molecular flexibility index (Phi) is 5.23. The van der Waals surface area contributed by atoms with Crippen molar-refractivity contribution in [1.82, 2.24) is 0 Å². The molecule has 102 valence electrons. The molecule has 1 aromatic carbocycles. The van der Waals surface area contributed by atoms with E-state index >= 15 is 0 Å². The molecule has 1 rings (SSSR count). The Balaban J connectivity index is 3.21. The molecule has 0 heterocycles. The zero-order valence-electron chi connectivity index (χ0n) is 10.2. The minimum Gasteiger partial charge on any atom is -0.385 e. The third-order valence-electron chi connectivity index (χ3n) is 2.97. The molecule has 0 aliphatic carbocycles. The molecule has 0 amide bonds. The molecule has 0 radical (unpaired) electrons. The van der Waals surface area contributed by atoms with E-state index in [0.29, 0.717) is 5.56 Å². The molecule has 18 heavy (non-hydrogen) atoms. The zero-order valence-corrected chi connectivity index (χ0v) is 13.4. The van der Waals surface area contributed by atoms with Gasteiger partial charge >= 0.3 is 0 Å². The topological polar surface area (TPSA) is 54.4 Å². The Morgan fingerprint density at radius 2 is 1.83 bits per heavy atom. The second-order valence-corrected chi connectivity index (χ2v) is 8.35. The molecule has 0 spiro atoms. The van der Waals surface area contributed by atoms with E-state index < -0.39 is 20.1 Å². The molecule has 1 aromatic rings. The van der Waals surface area contributed by atoms with Crippen LogP contribution >= 0.6 is 27.5 Å². The summed E-state index contributed by atoms with van der Waals surface area (Å²) in [4.78, 5) is 0. The summed E-state index contributed by atoms with van der Waals surface area (Å²) in [6.45, 7) is 3.18. The van der Waals surface area contributed by atoms with Gasteiger partial charge in [-0.05, 0) is 24.1 Å². The summed E-state index contributed by atoms with van der Waals surface area (Å²) in [6.07, 6.45) is -1.11. The van der Waals surface area contributed by atoms with E-state index in [1.54, 1.807) is 31.2 Å². The van der Waals surface area contributed by atoms with Gasteiger partial charge in [0.1, 0.15) is 6.10 Å². The Morgan fingerprint density at radius 3 is 2.22 bits per heavy atom. The fourth-order valence-electron chi connectivity index (χ4n) is 1.72. The molecule has 0 bridgehead atoms. The first kappa shape index (κ1) is 16.0. The van der Waals surface area contributed by atoms with E-state index in [1.165, 1.54) is 6.92 Å². The maximum Gasteiger partial charge on any atom is 0.175 e. The van der Waals surface area contributed by atoms with Crippen molar-refractivity contribution >= 4 is 37.4 Å². The van der Waals surface area contributed by atoms with E-state index in [9.17, 15) is 13.5 Å². The average Bonchev–Trinajstić information content (AvgIpc) is 2.37. The number of aliphatic hydroxyl groups is 1. The summed E-state index contributed by atoms with van der Waals surface area (Å²) >= 11 is 9.47. The number of hydrogen-bond donors (Lipinski definition) is 1. The number of rotatable bonds is 5. The standard InChI is InChI=1S/C12H16BrClO3S/c1-3-12(14,18(16,17)4-2)11(15)9-5-7-10(13)8-6-9/h5-8,11,15H,3-4H2,1-2H3/t11-,12+/m0/s1. The van der Waals surface area contributed by atoms with Crippen LogP contribution in [0.3, 0.4) is 0 Å². The van der Waals surface area contributed by atoms with Crippen molar-refractivity contribution in [1.29, 1.82) is 0 Å². The lowest BCUT2D eigenvalue weighted by atomic mass is 10.0. The van der Waals surface area contributed by atoms with E-state index in [0.717, 1.165) is 4.47 Å². The Bertz CT molecular complexity index is 501. The van der Waals surface area contributed by atoms with Gasteiger partial charge in [0, 0.05) is 10.2 Å². The zero-order chi connectivity index (χ0) is 14.0. The lowest BCUT2D eigenvalue weighted by Crippen LogP contribution is -2.39. The van der Waals surface area contributed by atoms with Gasteiger partial charge in [0.25, 0.3) is 0 Å². The first-order valence-electron chi connectivity index (χ1n) is 5.63. The molecule has 6 heteroatoms. The largest absolute Gasteiger partial charge is 0.385 e. The minimum absolute atomic E-state index is 0.0993. The van der Waals surface area contributed by atoms with Crippen LogP contribution in [0.5, 0.6) is 0 Å². The van der Waals surface area contributed by atoms with Crippen molar-refractivity contribution < 1.29 is 13.5 Å². The van der Waals surface area contributed by atoms with Crippen LogP contribution in [0.2, 0.25) is 0 Å². The van der Waals surface area contributed by atoms with Crippen LogP contribution in [-0.4, -0.2) is 23.5 Å². The third-order valence-corrected chi connectivity index (χ3v) is 6.99. The molecule has 0 unspecified atom stereocenters.